The van der Waals surface area contributed by atoms with Gasteiger partial charge in [0.15, 0.2) is 15.5 Å². The first kappa shape index (κ1) is 22.2. The minimum Gasteiger partial charge on any atom is -0.249 e. The van der Waals surface area contributed by atoms with Crippen LogP contribution in [0.1, 0.15) is 22.4 Å². The minimum absolute atomic E-state index is 0.462. The topological polar surface area (TPSA) is 101 Å². The Morgan fingerprint density at radius 3 is 1.69 bits per heavy atom. The van der Waals surface area contributed by atoms with E-state index in [-0.39, 0.29) is 0 Å². The maximum atomic E-state index is 9.71. The van der Waals surface area contributed by atoms with Crippen LogP contribution in [-0.4, -0.2) is 29.9 Å². The average molecular weight is 476 g/mol. The van der Waals surface area contributed by atoms with E-state index in [0.717, 1.165) is 26.9 Å². The zero-order chi connectivity index (χ0) is 22.5. The van der Waals surface area contributed by atoms with E-state index in [9.17, 15) is 5.26 Å². The molecular formula is C22H17N7S3. The third-order valence-electron chi connectivity index (χ3n) is 4.50. The van der Waals surface area contributed by atoms with Crippen molar-refractivity contribution in [1.82, 2.24) is 29.9 Å². The molecule has 10 heteroatoms. The van der Waals surface area contributed by atoms with Gasteiger partial charge in [0.1, 0.15) is 21.1 Å². The van der Waals surface area contributed by atoms with Crippen LogP contribution in [0.2, 0.25) is 0 Å². The molecule has 0 bridgehead atoms. The van der Waals surface area contributed by atoms with E-state index < -0.39 is 0 Å². The SMILES string of the molecule is Cc1nc(Sc2nc(Sc3ccccn3)nc(Sc3ccccn3)n2)c(C#N)c(C)c1C. The van der Waals surface area contributed by atoms with Crippen LogP contribution in [0.3, 0.4) is 0 Å². The van der Waals surface area contributed by atoms with E-state index in [1.54, 1.807) is 12.4 Å². The summed E-state index contributed by atoms with van der Waals surface area (Å²) in [6.07, 6.45) is 3.45. The molecule has 158 valence electrons. The monoisotopic (exact) mass is 475 g/mol. The zero-order valence-electron chi connectivity index (χ0n) is 17.5. The summed E-state index contributed by atoms with van der Waals surface area (Å²) in [5.41, 5.74) is 3.35. The molecule has 4 heterocycles. The number of rotatable bonds is 6. The van der Waals surface area contributed by atoms with Gasteiger partial charge in [-0.25, -0.2) is 15.0 Å². The van der Waals surface area contributed by atoms with Gasteiger partial charge in [-0.15, -0.1) is 0 Å². The van der Waals surface area contributed by atoms with E-state index in [2.05, 4.69) is 36.0 Å². The Morgan fingerprint density at radius 2 is 1.22 bits per heavy atom. The standard InChI is InChI=1S/C22H17N7S3/c1-13-14(2)16(12-23)19(26-15(13)3)32-22-28-20(30-17-8-4-6-10-24-17)27-21(29-22)31-18-9-5-7-11-25-18/h4-11H,1-3H3. The van der Waals surface area contributed by atoms with Gasteiger partial charge in [0.05, 0.1) is 5.56 Å². The lowest BCUT2D eigenvalue weighted by Crippen LogP contribution is -2.01. The Balaban J connectivity index is 1.73. The first-order valence-electron chi connectivity index (χ1n) is 9.53. The van der Waals surface area contributed by atoms with Gasteiger partial charge < -0.3 is 0 Å². The molecule has 0 amide bonds. The number of hydrogen-bond donors (Lipinski definition) is 0. The van der Waals surface area contributed by atoms with Crippen LogP contribution < -0.4 is 0 Å². The van der Waals surface area contributed by atoms with E-state index in [1.165, 1.54) is 35.3 Å². The normalized spacial score (nSPS) is 10.7. The molecule has 0 saturated carbocycles. The van der Waals surface area contributed by atoms with Gasteiger partial charge in [-0.2, -0.15) is 20.2 Å². The summed E-state index contributed by atoms with van der Waals surface area (Å²) in [6.45, 7) is 5.84. The molecule has 4 rings (SSSR count). The van der Waals surface area contributed by atoms with Crippen molar-refractivity contribution >= 4 is 35.3 Å². The van der Waals surface area contributed by atoms with Crippen molar-refractivity contribution in [2.24, 2.45) is 0 Å². The third-order valence-corrected chi connectivity index (χ3v) is 6.99. The van der Waals surface area contributed by atoms with E-state index in [1.807, 2.05) is 57.2 Å². The molecule has 0 N–H and O–H groups in total. The molecule has 4 aromatic heterocycles. The number of aryl methyl sites for hydroxylation is 1. The molecule has 0 atom stereocenters. The minimum atomic E-state index is 0.462. The molecule has 0 unspecified atom stereocenters. The van der Waals surface area contributed by atoms with E-state index in [4.69, 9.17) is 0 Å². The summed E-state index contributed by atoms with van der Waals surface area (Å²) in [5, 5.41) is 13.3. The van der Waals surface area contributed by atoms with Crippen LogP contribution >= 0.6 is 35.3 Å². The zero-order valence-corrected chi connectivity index (χ0v) is 19.9. The van der Waals surface area contributed by atoms with Gasteiger partial charge in [0, 0.05) is 18.1 Å². The van der Waals surface area contributed by atoms with Crippen molar-refractivity contribution in [1.29, 1.82) is 5.26 Å². The molecule has 0 spiro atoms. The Hall–Kier alpha value is -3.00. The van der Waals surface area contributed by atoms with Gasteiger partial charge in [-0.1, -0.05) is 12.1 Å². The number of pyridine rings is 3. The van der Waals surface area contributed by atoms with Crippen LogP contribution in [0, 0.1) is 32.1 Å². The second kappa shape index (κ2) is 10.1. The highest BCUT2D eigenvalue weighted by Crippen LogP contribution is 2.34. The van der Waals surface area contributed by atoms with Crippen molar-refractivity contribution < 1.29 is 0 Å². The fraction of sp³-hybridized carbons (Fsp3) is 0.136. The smallest absolute Gasteiger partial charge is 0.198 e. The summed E-state index contributed by atoms with van der Waals surface area (Å²) in [6, 6.07) is 13.6. The van der Waals surface area contributed by atoms with E-state index in [0.29, 0.717) is 26.1 Å². The molecule has 0 aliphatic rings. The fourth-order valence-electron chi connectivity index (χ4n) is 2.66. The first-order valence-corrected chi connectivity index (χ1v) is 12.0. The molecular weight excluding hydrogens is 458 g/mol. The lowest BCUT2D eigenvalue weighted by molar-refractivity contribution is 0.715. The van der Waals surface area contributed by atoms with Crippen molar-refractivity contribution in [2.75, 3.05) is 0 Å². The summed E-state index contributed by atoms with van der Waals surface area (Å²) in [4.78, 5) is 27.1. The summed E-state index contributed by atoms with van der Waals surface area (Å²) >= 11 is 3.96. The molecule has 0 fully saturated rings. The second-order valence-electron chi connectivity index (χ2n) is 6.56. The highest BCUT2D eigenvalue weighted by atomic mass is 32.2. The van der Waals surface area contributed by atoms with Gasteiger partial charge in [0.25, 0.3) is 0 Å². The predicted octanol–water partition coefficient (Wildman–Crippen LogP) is 5.31. The molecule has 0 saturated heterocycles. The number of hydrogen-bond acceptors (Lipinski definition) is 10. The summed E-state index contributed by atoms with van der Waals surface area (Å²) in [5.74, 6) is 0. The quantitative estimate of drug-likeness (QED) is 0.365. The summed E-state index contributed by atoms with van der Waals surface area (Å²) in [7, 11) is 0. The van der Waals surface area contributed by atoms with Crippen molar-refractivity contribution in [2.45, 2.75) is 51.3 Å². The molecule has 32 heavy (non-hydrogen) atoms. The summed E-state index contributed by atoms with van der Waals surface area (Å²) < 4.78 is 0. The Morgan fingerprint density at radius 1 is 0.688 bits per heavy atom. The number of aromatic nitrogens is 6. The van der Waals surface area contributed by atoms with Crippen molar-refractivity contribution in [3.05, 3.63) is 71.2 Å². The van der Waals surface area contributed by atoms with Crippen LogP contribution in [0.5, 0.6) is 0 Å². The first-order chi connectivity index (χ1) is 15.5. The van der Waals surface area contributed by atoms with Gasteiger partial charge >= 0.3 is 0 Å². The fourth-order valence-corrected chi connectivity index (χ4v) is 5.18. The highest BCUT2D eigenvalue weighted by Gasteiger charge is 2.17. The molecule has 0 aliphatic heterocycles. The second-order valence-corrected chi connectivity index (χ2v) is 9.50. The third kappa shape index (κ3) is 5.24. The van der Waals surface area contributed by atoms with Crippen LogP contribution in [0.15, 0.2) is 79.3 Å². The van der Waals surface area contributed by atoms with Crippen molar-refractivity contribution in [3.8, 4) is 6.07 Å². The lowest BCUT2D eigenvalue weighted by atomic mass is 10.1. The van der Waals surface area contributed by atoms with Crippen LogP contribution in [0.25, 0.3) is 0 Å². The van der Waals surface area contributed by atoms with Crippen LogP contribution in [-0.2, 0) is 0 Å². The van der Waals surface area contributed by atoms with Gasteiger partial charge in [-0.3, -0.25) is 0 Å². The van der Waals surface area contributed by atoms with Crippen LogP contribution in [0.4, 0.5) is 0 Å². The average Bonchev–Trinajstić information content (AvgIpc) is 2.79. The number of nitriles is 1. The predicted molar refractivity (Wildman–Crippen MR) is 124 cm³/mol. The maximum absolute atomic E-state index is 9.71. The Labute approximate surface area is 198 Å². The largest absolute Gasteiger partial charge is 0.249 e. The number of nitrogens with zero attached hydrogens (tertiary/aromatic N) is 7. The molecule has 4 aromatic rings. The molecule has 0 aromatic carbocycles. The van der Waals surface area contributed by atoms with Crippen molar-refractivity contribution in [3.63, 3.8) is 0 Å². The lowest BCUT2D eigenvalue weighted by Gasteiger charge is -2.11. The molecule has 7 nitrogen and oxygen atoms in total. The van der Waals surface area contributed by atoms with Gasteiger partial charge in [0.2, 0.25) is 0 Å². The van der Waals surface area contributed by atoms with E-state index >= 15 is 0 Å². The molecule has 0 aliphatic carbocycles. The molecule has 0 radical (unpaired) electrons. The Kier molecular flexibility index (Phi) is 6.99. The van der Waals surface area contributed by atoms with Gasteiger partial charge in [-0.05, 0) is 91.4 Å². The maximum Gasteiger partial charge on any atom is 0.198 e. The highest BCUT2D eigenvalue weighted by molar-refractivity contribution is 8.00. The Bertz CT molecular complexity index is 1230.